The lowest BCUT2D eigenvalue weighted by Crippen LogP contribution is -2.31. The van der Waals surface area contributed by atoms with Crippen molar-refractivity contribution < 1.29 is 0 Å². The lowest BCUT2D eigenvalue weighted by molar-refractivity contribution is 0.448. The van der Waals surface area contributed by atoms with E-state index in [1.54, 1.807) is 9.13 Å². The molecule has 1 aromatic rings. The average Bonchev–Trinajstić information content (AvgIpc) is 2.72. The van der Waals surface area contributed by atoms with Crippen LogP contribution in [0.1, 0.15) is 25.9 Å². The monoisotopic (exact) mass is 181 g/mol. The van der Waals surface area contributed by atoms with Crippen molar-refractivity contribution in [2.24, 2.45) is 0 Å². The summed E-state index contributed by atoms with van der Waals surface area (Å²) < 4.78 is 3.51. The van der Waals surface area contributed by atoms with Crippen LogP contribution < -0.4 is 11.0 Å². The van der Waals surface area contributed by atoms with E-state index in [1.807, 2.05) is 19.3 Å². The van der Waals surface area contributed by atoms with Crippen LogP contribution in [0.25, 0.3) is 0 Å². The van der Waals surface area contributed by atoms with Gasteiger partial charge in [0.25, 0.3) is 0 Å². The van der Waals surface area contributed by atoms with E-state index in [4.69, 9.17) is 0 Å². The molecule has 1 fully saturated rings. The SMILES string of the molecule is CCn1ccn(C2CCCN2)c1=O. The van der Waals surface area contributed by atoms with Gasteiger partial charge in [-0.05, 0) is 26.3 Å². The van der Waals surface area contributed by atoms with Crippen LogP contribution in [0, 0.1) is 0 Å². The zero-order chi connectivity index (χ0) is 9.26. The Morgan fingerprint density at radius 3 is 3.00 bits per heavy atom. The summed E-state index contributed by atoms with van der Waals surface area (Å²) in [5, 5.41) is 3.30. The summed E-state index contributed by atoms with van der Waals surface area (Å²) in [6, 6.07) is 0. The largest absolute Gasteiger partial charge is 0.329 e. The molecule has 1 aliphatic heterocycles. The summed E-state index contributed by atoms with van der Waals surface area (Å²) in [5.41, 5.74) is 0.0990. The van der Waals surface area contributed by atoms with Gasteiger partial charge in [0, 0.05) is 18.9 Å². The number of hydrogen-bond donors (Lipinski definition) is 1. The molecule has 4 heteroatoms. The molecule has 2 rings (SSSR count). The van der Waals surface area contributed by atoms with Gasteiger partial charge < -0.3 is 0 Å². The quantitative estimate of drug-likeness (QED) is 0.723. The Morgan fingerprint density at radius 1 is 1.62 bits per heavy atom. The normalized spacial score (nSPS) is 22.4. The predicted octanol–water partition coefficient (Wildman–Crippen LogP) is 0.552. The Labute approximate surface area is 77.2 Å². The van der Waals surface area contributed by atoms with Gasteiger partial charge in [-0.25, -0.2) is 4.79 Å². The molecule has 0 aromatic carbocycles. The molecule has 0 radical (unpaired) electrons. The number of aryl methyl sites for hydroxylation is 1. The summed E-state index contributed by atoms with van der Waals surface area (Å²) in [5.74, 6) is 0. The van der Waals surface area contributed by atoms with Crippen molar-refractivity contribution in [1.82, 2.24) is 14.5 Å². The van der Waals surface area contributed by atoms with Gasteiger partial charge in [0.15, 0.2) is 0 Å². The molecule has 0 aliphatic carbocycles. The zero-order valence-electron chi connectivity index (χ0n) is 7.86. The van der Waals surface area contributed by atoms with Crippen molar-refractivity contribution >= 4 is 0 Å². The molecule has 0 bridgehead atoms. The molecule has 72 valence electrons. The van der Waals surface area contributed by atoms with Crippen LogP contribution in [0.4, 0.5) is 0 Å². The Balaban J connectivity index is 2.29. The highest BCUT2D eigenvalue weighted by Crippen LogP contribution is 2.13. The minimum Gasteiger partial charge on any atom is -0.299 e. The summed E-state index contributed by atoms with van der Waals surface area (Å²) in [7, 11) is 0. The van der Waals surface area contributed by atoms with E-state index in [-0.39, 0.29) is 11.9 Å². The van der Waals surface area contributed by atoms with Crippen molar-refractivity contribution in [2.45, 2.75) is 32.5 Å². The minimum atomic E-state index is 0.0990. The molecule has 4 nitrogen and oxygen atoms in total. The fourth-order valence-corrected chi connectivity index (χ4v) is 1.81. The summed E-state index contributed by atoms with van der Waals surface area (Å²) in [4.78, 5) is 11.7. The fourth-order valence-electron chi connectivity index (χ4n) is 1.81. The number of aromatic nitrogens is 2. The Hall–Kier alpha value is -1.03. The standard InChI is InChI=1S/C9H15N3O/c1-2-11-6-7-12(9(11)13)8-4-3-5-10-8/h6-8,10H,2-5H2,1H3. The number of nitrogens with one attached hydrogen (secondary N) is 1. The third-order valence-corrected chi connectivity index (χ3v) is 2.58. The molecule has 2 heterocycles. The van der Waals surface area contributed by atoms with E-state index in [0.717, 1.165) is 25.9 Å². The second-order valence-electron chi connectivity index (χ2n) is 3.39. The molecule has 0 spiro atoms. The fraction of sp³-hybridized carbons (Fsp3) is 0.667. The van der Waals surface area contributed by atoms with Crippen molar-refractivity contribution in [3.63, 3.8) is 0 Å². The number of nitrogens with zero attached hydrogens (tertiary/aromatic N) is 2. The van der Waals surface area contributed by atoms with Gasteiger partial charge in [0.05, 0.1) is 6.17 Å². The molecule has 13 heavy (non-hydrogen) atoms. The van der Waals surface area contributed by atoms with Gasteiger partial charge in [0.2, 0.25) is 0 Å². The second-order valence-corrected chi connectivity index (χ2v) is 3.39. The van der Waals surface area contributed by atoms with Crippen molar-refractivity contribution in [3.8, 4) is 0 Å². The van der Waals surface area contributed by atoms with Crippen LogP contribution >= 0.6 is 0 Å². The maximum absolute atomic E-state index is 11.7. The van der Waals surface area contributed by atoms with Crippen LogP contribution in [-0.2, 0) is 6.54 Å². The van der Waals surface area contributed by atoms with E-state index in [2.05, 4.69) is 5.32 Å². The molecule has 1 unspecified atom stereocenters. The smallest absolute Gasteiger partial charge is 0.299 e. The summed E-state index contributed by atoms with van der Waals surface area (Å²) in [6.07, 6.45) is 6.17. The van der Waals surface area contributed by atoms with Crippen molar-refractivity contribution in [3.05, 3.63) is 22.9 Å². The number of rotatable bonds is 2. The first kappa shape index (κ1) is 8.56. The summed E-state index contributed by atoms with van der Waals surface area (Å²) in [6.45, 7) is 3.75. The highest BCUT2D eigenvalue weighted by Gasteiger charge is 2.17. The molecular weight excluding hydrogens is 166 g/mol. The third-order valence-electron chi connectivity index (χ3n) is 2.58. The minimum absolute atomic E-state index is 0.0990. The average molecular weight is 181 g/mol. The van der Waals surface area contributed by atoms with Gasteiger partial charge in [0.1, 0.15) is 0 Å². The van der Waals surface area contributed by atoms with E-state index in [9.17, 15) is 4.79 Å². The highest BCUT2D eigenvalue weighted by atomic mass is 16.1. The van der Waals surface area contributed by atoms with Crippen LogP contribution in [-0.4, -0.2) is 15.7 Å². The first-order valence-electron chi connectivity index (χ1n) is 4.83. The molecule has 0 amide bonds. The van der Waals surface area contributed by atoms with Gasteiger partial charge in [-0.1, -0.05) is 0 Å². The maximum Gasteiger partial charge on any atom is 0.329 e. The van der Waals surface area contributed by atoms with Crippen molar-refractivity contribution in [2.75, 3.05) is 6.54 Å². The van der Waals surface area contributed by atoms with Crippen LogP contribution in [0.2, 0.25) is 0 Å². The van der Waals surface area contributed by atoms with Crippen molar-refractivity contribution in [1.29, 1.82) is 0 Å². The number of hydrogen-bond acceptors (Lipinski definition) is 2. The molecule has 0 saturated carbocycles. The molecule has 1 N–H and O–H groups in total. The van der Waals surface area contributed by atoms with E-state index in [0.29, 0.717) is 0 Å². The van der Waals surface area contributed by atoms with Gasteiger partial charge in [-0.2, -0.15) is 0 Å². The third kappa shape index (κ3) is 1.42. The Morgan fingerprint density at radius 2 is 2.46 bits per heavy atom. The van der Waals surface area contributed by atoms with Crippen LogP contribution in [0.15, 0.2) is 17.2 Å². The molecule has 1 aliphatic rings. The predicted molar refractivity (Wildman–Crippen MR) is 50.6 cm³/mol. The topological polar surface area (TPSA) is 39.0 Å². The van der Waals surface area contributed by atoms with E-state index >= 15 is 0 Å². The molecule has 1 saturated heterocycles. The first-order chi connectivity index (χ1) is 6.33. The zero-order valence-corrected chi connectivity index (χ0v) is 7.86. The summed E-state index contributed by atoms with van der Waals surface area (Å²) >= 11 is 0. The van der Waals surface area contributed by atoms with E-state index in [1.165, 1.54) is 0 Å². The van der Waals surface area contributed by atoms with Gasteiger partial charge in [-0.3, -0.25) is 14.5 Å². The van der Waals surface area contributed by atoms with E-state index < -0.39 is 0 Å². The highest BCUT2D eigenvalue weighted by molar-refractivity contribution is 4.86. The first-order valence-corrected chi connectivity index (χ1v) is 4.83. The molecule has 1 aromatic heterocycles. The lowest BCUT2D eigenvalue weighted by Gasteiger charge is -2.09. The van der Waals surface area contributed by atoms with Gasteiger partial charge >= 0.3 is 5.69 Å². The van der Waals surface area contributed by atoms with Gasteiger partial charge in [-0.15, -0.1) is 0 Å². The molecular formula is C9H15N3O. The lowest BCUT2D eigenvalue weighted by atomic mass is 10.3. The Kier molecular flexibility index (Phi) is 2.22. The molecule has 1 atom stereocenters. The second kappa shape index (κ2) is 3.38. The van der Waals surface area contributed by atoms with Crippen LogP contribution in [0.5, 0.6) is 0 Å². The number of imidazole rings is 1. The van der Waals surface area contributed by atoms with Crippen LogP contribution in [0.3, 0.4) is 0 Å². The Bertz CT molecular complexity index is 333. The maximum atomic E-state index is 11.7.